The lowest BCUT2D eigenvalue weighted by Gasteiger charge is -2.17. The summed E-state index contributed by atoms with van der Waals surface area (Å²) < 4.78 is 5.86. The Kier molecular flexibility index (Phi) is 5.99. The molecule has 0 saturated carbocycles. The van der Waals surface area contributed by atoms with Crippen molar-refractivity contribution in [3.8, 4) is 11.6 Å². The summed E-state index contributed by atoms with van der Waals surface area (Å²) in [6, 6.07) is 16.6. The van der Waals surface area contributed by atoms with Crippen LogP contribution in [0.25, 0.3) is 0 Å². The molecular formula is C21H22N4O2. The lowest BCUT2D eigenvalue weighted by molar-refractivity contribution is 0.0792. The van der Waals surface area contributed by atoms with Gasteiger partial charge in [-0.1, -0.05) is 13.0 Å². The third kappa shape index (κ3) is 4.82. The number of ether oxygens (including phenoxy) is 1. The van der Waals surface area contributed by atoms with Gasteiger partial charge in [0.1, 0.15) is 17.1 Å². The van der Waals surface area contributed by atoms with Crippen LogP contribution in [0.4, 0.5) is 11.5 Å². The van der Waals surface area contributed by atoms with Gasteiger partial charge in [0, 0.05) is 31.7 Å². The molecule has 6 heteroatoms. The molecule has 0 fully saturated rings. The number of carbonyl (C=O) groups excluding carboxylic acids is 1. The van der Waals surface area contributed by atoms with Gasteiger partial charge in [-0.2, -0.15) is 0 Å². The molecule has 6 nitrogen and oxygen atoms in total. The molecule has 1 aromatic carbocycles. The summed E-state index contributed by atoms with van der Waals surface area (Å²) in [6.07, 6.45) is 4.24. The molecule has 2 aromatic heterocycles. The molecular weight excluding hydrogens is 340 g/mol. The minimum Gasteiger partial charge on any atom is -0.438 e. The molecule has 27 heavy (non-hydrogen) atoms. The van der Waals surface area contributed by atoms with E-state index in [9.17, 15) is 4.79 Å². The molecule has 138 valence electrons. The van der Waals surface area contributed by atoms with E-state index in [1.54, 1.807) is 36.5 Å². The average molecular weight is 362 g/mol. The van der Waals surface area contributed by atoms with E-state index in [4.69, 9.17) is 4.74 Å². The molecule has 3 rings (SSSR count). The second-order valence-corrected chi connectivity index (χ2v) is 6.05. The summed E-state index contributed by atoms with van der Waals surface area (Å²) in [5, 5.41) is 3.21. The van der Waals surface area contributed by atoms with Gasteiger partial charge in [-0.25, -0.2) is 9.97 Å². The number of hydrogen-bond acceptors (Lipinski definition) is 5. The van der Waals surface area contributed by atoms with Crippen molar-refractivity contribution in [2.45, 2.75) is 13.3 Å². The van der Waals surface area contributed by atoms with Crippen LogP contribution in [0.2, 0.25) is 0 Å². The van der Waals surface area contributed by atoms with Crippen LogP contribution in [0.15, 0.2) is 67.0 Å². The highest BCUT2D eigenvalue weighted by molar-refractivity contribution is 5.96. The van der Waals surface area contributed by atoms with Gasteiger partial charge in [-0.15, -0.1) is 0 Å². The van der Waals surface area contributed by atoms with Crippen molar-refractivity contribution < 1.29 is 9.53 Å². The Labute approximate surface area is 158 Å². The zero-order valence-electron chi connectivity index (χ0n) is 15.4. The van der Waals surface area contributed by atoms with Gasteiger partial charge in [-0.3, -0.25) is 4.79 Å². The maximum absolute atomic E-state index is 12.6. The maximum atomic E-state index is 12.6. The molecule has 2 heterocycles. The zero-order chi connectivity index (χ0) is 19.1. The molecule has 3 aromatic rings. The quantitative estimate of drug-likeness (QED) is 0.670. The van der Waals surface area contributed by atoms with E-state index in [-0.39, 0.29) is 5.91 Å². The summed E-state index contributed by atoms with van der Waals surface area (Å²) in [4.78, 5) is 22.7. The molecule has 0 aliphatic carbocycles. The lowest BCUT2D eigenvalue weighted by Crippen LogP contribution is -2.27. The highest BCUT2D eigenvalue weighted by Gasteiger charge is 2.17. The Morgan fingerprint density at radius 2 is 1.81 bits per heavy atom. The minimum atomic E-state index is -0.103. The van der Waals surface area contributed by atoms with E-state index in [0.29, 0.717) is 23.7 Å². The van der Waals surface area contributed by atoms with Crippen LogP contribution in [0, 0.1) is 0 Å². The van der Waals surface area contributed by atoms with E-state index < -0.39 is 0 Å². The third-order valence-corrected chi connectivity index (χ3v) is 3.91. The van der Waals surface area contributed by atoms with Crippen molar-refractivity contribution >= 4 is 17.4 Å². The number of aromatic nitrogens is 2. The first-order chi connectivity index (χ1) is 13.2. The fourth-order valence-corrected chi connectivity index (χ4v) is 2.58. The summed E-state index contributed by atoms with van der Waals surface area (Å²) in [6.45, 7) is 2.71. The standard InChI is InChI=1S/C21H22N4O2/c1-3-15-25(2)21(26)18-7-6-14-23-20(18)27-17-11-9-16(10-12-17)24-19-8-4-5-13-22-19/h4-14H,3,15H2,1-2H3,(H,22,24). The number of anilines is 2. The normalized spacial score (nSPS) is 10.3. The largest absolute Gasteiger partial charge is 0.438 e. The summed E-state index contributed by atoms with van der Waals surface area (Å²) in [7, 11) is 1.78. The number of nitrogens with one attached hydrogen (secondary N) is 1. The molecule has 0 radical (unpaired) electrons. The third-order valence-electron chi connectivity index (χ3n) is 3.91. The van der Waals surface area contributed by atoms with E-state index in [2.05, 4.69) is 15.3 Å². The average Bonchev–Trinajstić information content (AvgIpc) is 2.70. The Balaban J connectivity index is 1.73. The van der Waals surface area contributed by atoms with E-state index >= 15 is 0 Å². The van der Waals surface area contributed by atoms with Gasteiger partial charge in [0.2, 0.25) is 5.88 Å². The Morgan fingerprint density at radius 3 is 2.52 bits per heavy atom. The molecule has 1 amide bonds. The van der Waals surface area contributed by atoms with Gasteiger partial charge in [0.25, 0.3) is 5.91 Å². The molecule has 0 aliphatic rings. The second kappa shape index (κ2) is 8.80. The monoisotopic (exact) mass is 362 g/mol. The summed E-state index contributed by atoms with van der Waals surface area (Å²) in [5.74, 6) is 1.57. The molecule has 0 bridgehead atoms. The number of benzene rings is 1. The molecule has 0 atom stereocenters. The zero-order valence-corrected chi connectivity index (χ0v) is 15.4. The van der Waals surface area contributed by atoms with Crippen molar-refractivity contribution in [1.29, 1.82) is 0 Å². The van der Waals surface area contributed by atoms with E-state index in [0.717, 1.165) is 17.9 Å². The first kappa shape index (κ1) is 18.4. The molecule has 0 spiro atoms. The molecule has 0 aliphatic heterocycles. The van der Waals surface area contributed by atoms with Crippen LogP contribution in [-0.4, -0.2) is 34.4 Å². The van der Waals surface area contributed by atoms with Crippen LogP contribution in [0.3, 0.4) is 0 Å². The SMILES string of the molecule is CCCN(C)C(=O)c1cccnc1Oc1ccc(Nc2ccccn2)cc1. The van der Waals surface area contributed by atoms with Crippen LogP contribution in [0.1, 0.15) is 23.7 Å². The fourth-order valence-electron chi connectivity index (χ4n) is 2.58. The molecule has 0 unspecified atom stereocenters. The van der Waals surface area contributed by atoms with Crippen LogP contribution in [0.5, 0.6) is 11.6 Å². The smallest absolute Gasteiger partial charge is 0.259 e. The number of amides is 1. The fraction of sp³-hybridized carbons (Fsp3) is 0.190. The summed E-state index contributed by atoms with van der Waals surface area (Å²) >= 11 is 0. The van der Waals surface area contributed by atoms with Gasteiger partial charge in [0.05, 0.1) is 0 Å². The highest BCUT2D eigenvalue weighted by Crippen LogP contribution is 2.26. The van der Waals surface area contributed by atoms with Gasteiger partial charge in [0.15, 0.2) is 0 Å². The van der Waals surface area contributed by atoms with Crippen LogP contribution in [-0.2, 0) is 0 Å². The minimum absolute atomic E-state index is 0.103. The number of pyridine rings is 2. The van der Waals surface area contributed by atoms with Gasteiger partial charge >= 0.3 is 0 Å². The van der Waals surface area contributed by atoms with Crippen molar-refractivity contribution in [2.75, 3.05) is 18.9 Å². The maximum Gasteiger partial charge on any atom is 0.259 e. The Hall–Kier alpha value is -3.41. The lowest BCUT2D eigenvalue weighted by atomic mass is 10.2. The van der Waals surface area contributed by atoms with Gasteiger partial charge in [-0.05, 0) is 55.0 Å². The first-order valence-electron chi connectivity index (χ1n) is 8.84. The van der Waals surface area contributed by atoms with E-state index in [1.807, 2.05) is 49.4 Å². The highest BCUT2D eigenvalue weighted by atomic mass is 16.5. The van der Waals surface area contributed by atoms with E-state index in [1.165, 1.54) is 0 Å². The number of carbonyl (C=O) groups is 1. The van der Waals surface area contributed by atoms with Crippen molar-refractivity contribution in [3.05, 3.63) is 72.6 Å². The Morgan fingerprint density at radius 1 is 1.04 bits per heavy atom. The van der Waals surface area contributed by atoms with Crippen molar-refractivity contribution in [2.24, 2.45) is 0 Å². The summed E-state index contributed by atoms with van der Waals surface area (Å²) in [5.41, 5.74) is 1.34. The number of rotatable bonds is 7. The topological polar surface area (TPSA) is 67.4 Å². The molecule has 0 saturated heterocycles. The Bertz CT molecular complexity index is 882. The van der Waals surface area contributed by atoms with Crippen LogP contribution < -0.4 is 10.1 Å². The molecule has 1 N–H and O–H groups in total. The van der Waals surface area contributed by atoms with Crippen LogP contribution >= 0.6 is 0 Å². The van der Waals surface area contributed by atoms with Crippen molar-refractivity contribution in [3.63, 3.8) is 0 Å². The number of nitrogens with zero attached hydrogens (tertiary/aromatic N) is 3. The predicted molar refractivity (Wildman–Crippen MR) is 106 cm³/mol. The van der Waals surface area contributed by atoms with Gasteiger partial charge < -0.3 is 15.0 Å². The second-order valence-electron chi connectivity index (χ2n) is 6.05. The van der Waals surface area contributed by atoms with Crippen molar-refractivity contribution in [1.82, 2.24) is 14.9 Å². The number of hydrogen-bond donors (Lipinski definition) is 1. The first-order valence-corrected chi connectivity index (χ1v) is 8.84. The predicted octanol–water partition coefficient (Wildman–Crippen LogP) is 4.49.